The van der Waals surface area contributed by atoms with Gasteiger partial charge in [0.1, 0.15) is 5.78 Å². The van der Waals surface area contributed by atoms with Gasteiger partial charge in [-0.3, -0.25) is 9.59 Å². The van der Waals surface area contributed by atoms with Crippen molar-refractivity contribution in [1.29, 1.82) is 0 Å². The van der Waals surface area contributed by atoms with Crippen LogP contribution in [-0.2, 0) is 28.5 Å². The summed E-state index contributed by atoms with van der Waals surface area (Å²) in [5.74, 6) is 0.482. The Labute approximate surface area is 237 Å². The molecule has 0 bridgehead atoms. The number of ether oxygens (including phenoxy) is 4. The summed E-state index contributed by atoms with van der Waals surface area (Å²) >= 11 is 0. The molecule has 0 aromatic rings. The first kappa shape index (κ1) is 32.2. The van der Waals surface area contributed by atoms with E-state index < -0.39 is 0 Å². The summed E-state index contributed by atoms with van der Waals surface area (Å²) in [5.41, 5.74) is 0. The fraction of sp³-hybridized carbons (Fsp3) is 0.875. The first-order chi connectivity index (χ1) is 19.0. The van der Waals surface area contributed by atoms with Crippen LogP contribution < -0.4 is 0 Å². The zero-order valence-corrected chi connectivity index (χ0v) is 25.0. The Bertz CT molecular complexity index is 728. The molecule has 2 heterocycles. The maximum Gasteiger partial charge on any atom is 0.222 e. The van der Waals surface area contributed by atoms with Crippen LogP contribution in [0.2, 0.25) is 0 Å². The molecule has 3 fully saturated rings. The minimum atomic E-state index is -0.188. The maximum atomic E-state index is 13.3. The molecule has 6 atom stereocenters. The van der Waals surface area contributed by atoms with E-state index in [1.165, 1.54) is 12.8 Å². The molecular formula is C32H55NO6. The van der Waals surface area contributed by atoms with E-state index in [0.717, 1.165) is 96.7 Å². The zero-order valence-electron chi connectivity index (χ0n) is 25.0. The molecule has 7 nitrogen and oxygen atoms in total. The Kier molecular flexibility index (Phi) is 15.1. The fourth-order valence-electron chi connectivity index (χ4n) is 6.03. The Balaban J connectivity index is 1.60. The van der Waals surface area contributed by atoms with Crippen molar-refractivity contribution in [2.75, 3.05) is 27.3 Å². The number of Topliss-reactive ketones (excluding diaryl/α,β-unsaturated/α-hetero) is 1. The van der Waals surface area contributed by atoms with Gasteiger partial charge in [0, 0.05) is 46.1 Å². The number of hydrogen-bond donors (Lipinski definition) is 0. The predicted octanol–water partition coefficient (Wildman–Crippen LogP) is 6.58. The molecule has 39 heavy (non-hydrogen) atoms. The largest absolute Gasteiger partial charge is 0.353 e. The number of unbranched alkanes of at least 4 members (excludes halogenated alkanes) is 5. The maximum absolute atomic E-state index is 13.3. The number of amides is 1. The van der Waals surface area contributed by atoms with Crippen LogP contribution in [0.4, 0.5) is 0 Å². The average Bonchev–Trinajstić information content (AvgIpc) is 3.23. The van der Waals surface area contributed by atoms with Crippen LogP contribution in [-0.4, -0.2) is 68.7 Å². The molecule has 3 rings (SSSR count). The van der Waals surface area contributed by atoms with Crippen molar-refractivity contribution < 1.29 is 28.5 Å². The van der Waals surface area contributed by atoms with E-state index in [4.69, 9.17) is 18.9 Å². The number of ketones is 1. The van der Waals surface area contributed by atoms with E-state index in [1.54, 1.807) is 4.90 Å². The van der Waals surface area contributed by atoms with Gasteiger partial charge >= 0.3 is 0 Å². The molecule has 2 saturated heterocycles. The van der Waals surface area contributed by atoms with Crippen LogP contribution in [0.25, 0.3) is 0 Å². The Morgan fingerprint density at radius 3 is 2.36 bits per heavy atom. The van der Waals surface area contributed by atoms with E-state index in [-0.39, 0.29) is 48.3 Å². The third kappa shape index (κ3) is 11.6. The third-order valence-electron chi connectivity index (χ3n) is 8.44. The van der Waals surface area contributed by atoms with Gasteiger partial charge in [-0.2, -0.15) is 0 Å². The SMILES string of the molecule is CCCCC[C@@H](/C=C/[C@H]1C(=O)C[C@H](OC2CCCCO2)[C@@H]1CCCCCCC(=O)N(C)C)OC1CCCCO1. The summed E-state index contributed by atoms with van der Waals surface area (Å²) in [5, 5.41) is 0. The second kappa shape index (κ2) is 18.2. The van der Waals surface area contributed by atoms with Crippen molar-refractivity contribution in [3.8, 4) is 0 Å². The van der Waals surface area contributed by atoms with Crippen molar-refractivity contribution in [2.24, 2.45) is 11.8 Å². The highest BCUT2D eigenvalue weighted by Gasteiger charge is 2.42. The van der Waals surface area contributed by atoms with Crippen LogP contribution in [0.5, 0.6) is 0 Å². The van der Waals surface area contributed by atoms with Crippen LogP contribution in [0.3, 0.4) is 0 Å². The smallest absolute Gasteiger partial charge is 0.222 e. The number of rotatable bonds is 17. The fourth-order valence-corrected chi connectivity index (χ4v) is 6.03. The van der Waals surface area contributed by atoms with E-state index in [9.17, 15) is 9.59 Å². The van der Waals surface area contributed by atoms with Crippen LogP contribution in [0.1, 0.15) is 116 Å². The van der Waals surface area contributed by atoms with E-state index in [2.05, 4.69) is 19.1 Å². The first-order valence-corrected chi connectivity index (χ1v) is 15.9. The Morgan fingerprint density at radius 2 is 1.69 bits per heavy atom. The molecule has 1 aliphatic carbocycles. The lowest BCUT2D eigenvalue weighted by Gasteiger charge is -2.30. The zero-order chi connectivity index (χ0) is 27.9. The lowest BCUT2D eigenvalue weighted by molar-refractivity contribution is -0.195. The highest BCUT2D eigenvalue weighted by Crippen LogP contribution is 2.38. The quantitative estimate of drug-likeness (QED) is 0.151. The normalized spacial score (nSPS) is 28.7. The number of carbonyl (C=O) groups is 2. The molecule has 3 aliphatic rings. The number of carbonyl (C=O) groups excluding carboxylic acids is 2. The molecule has 0 aromatic carbocycles. The second-order valence-electron chi connectivity index (χ2n) is 11.9. The summed E-state index contributed by atoms with van der Waals surface area (Å²) in [7, 11) is 3.62. The van der Waals surface area contributed by atoms with E-state index >= 15 is 0 Å². The number of nitrogens with zero attached hydrogens (tertiary/aromatic N) is 1. The summed E-state index contributed by atoms with van der Waals surface area (Å²) in [6.07, 6.45) is 20.6. The molecule has 2 aliphatic heterocycles. The van der Waals surface area contributed by atoms with Crippen molar-refractivity contribution in [2.45, 2.75) is 141 Å². The van der Waals surface area contributed by atoms with E-state index in [0.29, 0.717) is 12.8 Å². The van der Waals surface area contributed by atoms with Crippen molar-refractivity contribution >= 4 is 11.7 Å². The monoisotopic (exact) mass is 549 g/mol. The van der Waals surface area contributed by atoms with Gasteiger partial charge in [0.05, 0.1) is 12.2 Å². The van der Waals surface area contributed by atoms with Gasteiger partial charge in [0.15, 0.2) is 12.6 Å². The Morgan fingerprint density at radius 1 is 0.974 bits per heavy atom. The molecule has 0 spiro atoms. The van der Waals surface area contributed by atoms with Crippen LogP contribution in [0, 0.1) is 11.8 Å². The summed E-state index contributed by atoms with van der Waals surface area (Å²) in [6.45, 7) is 3.73. The average molecular weight is 550 g/mol. The molecule has 1 saturated carbocycles. The molecular weight excluding hydrogens is 494 g/mol. The summed E-state index contributed by atoms with van der Waals surface area (Å²) in [6, 6.07) is 0. The first-order valence-electron chi connectivity index (χ1n) is 15.9. The molecule has 224 valence electrons. The van der Waals surface area contributed by atoms with Gasteiger partial charge < -0.3 is 23.8 Å². The molecule has 0 aromatic heterocycles. The van der Waals surface area contributed by atoms with Crippen molar-refractivity contribution in [1.82, 2.24) is 4.90 Å². The summed E-state index contributed by atoms with van der Waals surface area (Å²) < 4.78 is 24.5. The van der Waals surface area contributed by atoms with E-state index in [1.807, 2.05) is 14.1 Å². The number of hydrogen-bond acceptors (Lipinski definition) is 6. The topological polar surface area (TPSA) is 74.3 Å². The molecule has 2 unspecified atom stereocenters. The number of allylic oxidation sites excluding steroid dienone is 1. The van der Waals surface area contributed by atoms with Gasteiger partial charge in [0.25, 0.3) is 0 Å². The minimum absolute atomic E-state index is 0.0241. The minimum Gasteiger partial charge on any atom is -0.353 e. The van der Waals surface area contributed by atoms with Gasteiger partial charge in [-0.15, -0.1) is 0 Å². The highest BCUT2D eigenvalue weighted by atomic mass is 16.7. The van der Waals surface area contributed by atoms with Crippen molar-refractivity contribution in [3.63, 3.8) is 0 Å². The van der Waals surface area contributed by atoms with Crippen LogP contribution >= 0.6 is 0 Å². The van der Waals surface area contributed by atoms with Crippen molar-refractivity contribution in [3.05, 3.63) is 12.2 Å². The van der Waals surface area contributed by atoms with Gasteiger partial charge in [0.2, 0.25) is 5.91 Å². The second-order valence-corrected chi connectivity index (χ2v) is 11.9. The summed E-state index contributed by atoms with van der Waals surface area (Å²) in [4.78, 5) is 26.8. The lowest BCUT2D eigenvalue weighted by atomic mass is 9.88. The van der Waals surface area contributed by atoms with Crippen LogP contribution in [0.15, 0.2) is 12.2 Å². The van der Waals surface area contributed by atoms with Gasteiger partial charge in [-0.05, 0) is 63.7 Å². The molecule has 1 amide bonds. The molecule has 0 N–H and O–H groups in total. The molecule has 0 radical (unpaired) electrons. The highest BCUT2D eigenvalue weighted by molar-refractivity contribution is 5.86. The lowest BCUT2D eigenvalue weighted by Crippen LogP contribution is -2.31. The Hall–Kier alpha value is -1.28. The van der Waals surface area contributed by atoms with Gasteiger partial charge in [-0.25, -0.2) is 0 Å². The molecule has 7 heteroatoms. The third-order valence-corrected chi connectivity index (χ3v) is 8.44. The van der Waals surface area contributed by atoms with Gasteiger partial charge in [-0.1, -0.05) is 57.6 Å². The predicted molar refractivity (Wildman–Crippen MR) is 153 cm³/mol. The standard InChI is InChI=1S/C32H55NO6/c1-4-5-8-15-25(38-31-18-11-13-22-36-31)20-21-26-27(16-9-6-7-10-17-30(35)33(2)3)29(24-28(26)34)39-32-19-12-14-23-37-32/h20-21,25-27,29,31-32H,4-19,22-24H2,1-3H3/b21-20+/t25-,26+,27+,29-,31?,32?/m0/s1.